The Balaban J connectivity index is 1.99. The number of hydrogen-bond donors (Lipinski definition) is 1. The van der Waals surface area contributed by atoms with Crippen molar-refractivity contribution >= 4 is 5.78 Å². The highest BCUT2D eigenvalue weighted by Crippen LogP contribution is 2.39. The predicted molar refractivity (Wildman–Crippen MR) is 109 cm³/mol. The minimum atomic E-state index is -0.373. The molecule has 3 atom stereocenters. The molecule has 26 heavy (non-hydrogen) atoms. The first-order valence-electron chi connectivity index (χ1n) is 11.0. The van der Waals surface area contributed by atoms with E-state index in [-0.39, 0.29) is 12.0 Å². The summed E-state index contributed by atoms with van der Waals surface area (Å²) in [5.74, 6) is 1.01. The Morgan fingerprint density at radius 1 is 1.00 bits per heavy atom. The minimum absolute atomic E-state index is 0.0802. The highest BCUT2D eigenvalue weighted by atomic mass is 16.3. The SMILES string of the molecule is CCCCCCC1CCCC(=O)C1c1ccc(C(O)CCCCC)cc1. The van der Waals surface area contributed by atoms with Crippen molar-refractivity contribution in [2.75, 3.05) is 0 Å². The van der Waals surface area contributed by atoms with Gasteiger partial charge in [0.2, 0.25) is 0 Å². The van der Waals surface area contributed by atoms with Gasteiger partial charge in [-0.2, -0.15) is 0 Å². The van der Waals surface area contributed by atoms with Crippen LogP contribution in [0.2, 0.25) is 0 Å². The smallest absolute Gasteiger partial charge is 0.140 e. The van der Waals surface area contributed by atoms with Crippen molar-refractivity contribution in [3.05, 3.63) is 35.4 Å². The number of benzene rings is 1. The van der Waals surface area contributed by atoms with E-state index in [2.05, 4.69) is 26.0 Å². The molecule has 1 aliphatic carbocycles. The van der Waals surface area contributed by atoms with Gasteiger partial charge in [-0.3, -0.25) is 4.79 Å². The molecule has 3 unspecified atom stereocenters. The van der Waals surface area contributed by atoms with E-state index in [9.17, 15) is 9.90 Å². The van der Waals surface area contributed by atoms with E-state index in [1.54, 1.807) is 0 Å². The lowest BCUT2D eigenvalue weighted by atomic mass is 9.72. The van der Waals surface area contributed by atoms with E-state index < -0.39 is 0 Å². The average molecular weight is 359 g/mol. The number of rotatable bonds is 11. The third-order valence-electron chi connectivity index (χ3n) is 6.01. The van der Waals surface area contributed by atoms with Crippen LogP contribution in [0.4, 0.5) is 0 Å². The fourth-order valence-electron chi connectivity index (χ4n) is 4.41. The number of carbonyl (C=O) groups is 1. The number of aliphatic hydroxyl groups is 1. The summed E-state index contributed by atoms with van der Waals surface area (Å²) in [5, 5.41) is 10.4. The summed E-state index contributed by atoms with van der Waals surface area (Å²) in [5.41, 5.74) is 2.16. The maximum atomic E-state index is 12.6. The summed E-state index contributed by atoms with van der Waals surface area (Å²) in [7, 11) is 0. The zero-order chi connectivity index (χ0) is 18.8. The largest absolute Gasteiger partial charge is 0.388 e. The van der Waals surface area contributed by atoms with Gasteiger partial charge in [0.05, 0.1) is 6.10 Å². The van der Waals surface area contributed by atoms with Gasteiger partial charge >= 0.3 is 0 Å². The van der Waals surface area contributed by atoms with Gasteiger partial charge in [0.15, 0.2) is 0 Å². The zero-order valence-electron chi connectivity index (χ0n) is 16.9. The van der Waals surface area contributed by atoms with Gasteiger partial charge in [-0.15, -0.1) is 0 Å². The predicted octanol–water partition coefficient (Wildman–Crippen LogP) is 6.72. The Kier molecular flexibility index (Phi) is 9.39. The Bertz CT molecular complexity index is 520. The van der Waals surface area contributed by atoms with Crippen molar-refractivity contribution in [2.45, 2.75) is 103 Å². The Morgan fingerprint density at radius 3 is 2.38 bits per heavy atom. The van der Waals surface area contributed by atoms with Crippen LogP contribution >= 0.6 is 0 Å². The fourth-order valence-corrected chi connectivity index (χ4v) is 4.41. The van der Waals surface area contributed by atoms with E-state index in [4.69, 9.17) is 0 Å². The van der Waals surface area contributed by atoms with Crippen LogP contribution < -0.4 is 0 Å². The van der Waals surface area contributed by atoms with Crippen LogP contribution in [0.5, 0.6) is 0 Å². The number of unbranched alkanes of at least 4 members (excludes halogenated alkanes) is 5. The van der Waals surface area contributed by atoms with Crippen LogP contribution in [0.25, 0.3) is 0 Å². The summed E-state index contributed by atoms with van der Waals surface area (Å²) in [6, 6.07) is 8.29. The number of carbonyl (C=O) groups excluding carboxylic acids is 1. The van der Waals surface area contributed by atoms with Gasteiger partial charge in [-0.05, 0) is 42.7 Å². The maximum Gasteiger partial charge on any atom is 0.140 e. The molecule has 0 bridgehead atoms. The molecule has 1 aliphatic rings. The molecule has 0 aliphatic heterocycles. The van der Waals surface area contributed by atoms with Crippen molar-refractivity contribution in [3.8, 4) is 0 Å². The second kappa shape index (κ2) is 11.5. The number of Topliss-reactive ketones (excluding diaryl/α,β-unsaturated/α-hetero) is 1. The van der Waals surface area contributed by atoms with Gasteiger partial charge in [-0.1, -0.05) is 83.1 Å². The fraction of sp³-hybridized carbons (Fsp3) is 0.708. The third-order valence-corrected chi connectivity index (χ3v) is 6.01. The van der Waals surface area contributed by atoms with E-state index in [1.165, 1.54) is 56.9 Å². The number of ketones is 1. The van der Waals surface area contributed by atoms with Crippen LogP contribution in [0.15, 0.2) is 24.3 Å². The van der Waals surface area contributed by atoms with Crippen molar-refractivity contribution in [1.82, 2.24) is 0 Å². The lowest BCUT2D eigenvalue weighted by Crippen LogP contribution is -2.26. The molecule has 0 heterocycles. The molecule has 0 radical (unpaired) electrons. The Morgan fingerprint density at radius 2 is 1.69 bits per heavy atom. The summed E-state index contributed by atoms with van der Waals surface area (Å²) < 4.78 is 0. The number of aliphatic hydroxyl groups excluding tert-OH is 1. The van der Waals surface area contributed by atoms with Gasteiger partial charge < -0.3 is 5.11 Å². The van der Waals surface area contributed by atoms with Crippen molar-refractivity contribution in [2.24, 2.45) is 5.92 Å². The summed E-state index contributed by atoms with van der Waals surface area (Å²) in [6.45, 7) is 4.42. The second-order valence-corrected chi connectivity index (χ2v) is 8.12. The third kappa shape index (κ3) is 6.23. The van der Waals surface area contributed by atoms with Gasteiger partial charge in [-0.25, -0.2) is 0 Å². The van der Waals surface area contributed by atoms with E-state index in [1.807, 2.05) is 12.1 Å². The highest BCUT2D eigenvalue weighted by Gasteiger charge is 2.32. The molecule has 0 spiro atoms. The second-order valence-electron chi connectivity index (χ2n) is 8.12. The zero-order valence-corrected chi connectivity index (χ0v) is 16.9. The molecule has 146 valence electrons. The molecule has 1 saturated carbocycles. The molecule has 2 heteroatoms. The molecular weight excluding hydrogens is 320 g/mol. The van der Waals surface area contributed by atoms with Crippen molar-refractivity contribution in [3.63, 3.8) is 0 Å². The van der Waals surface area contributed by atoms with E-state index in [0.29, 0.717) is 11.7 Å². The quantitative estimate of drug-likeness (QED) is 0.446. The van der Waals surface area contributed by atoms with Crippen LogP contribution in [-0.4, -0.2) is 10.9 Å². The highest BCUT2D eigenvalue weighted by molar-refractivity contribution is 5.86. The molecule has 1 fully saturated rings. The summed E-state index contributed by atoms with van der Waals surface area (Å²) in [4.78, 5) is 12.6. The van der Waals surface area contributed by atoms with Gasteiger partial charge in [0.25, 0.3) is 0 Å². The minimum Gasteiger partial charge on any atom is -0.388 e. The van der Waals surface area contributed by atoms with Crippen molar-refractivity contribution < 1.29 is 9.90 Å². The van der Waals surface area contributed by atoms with E-state index >= 15 is 0 Å². The first-order chi connectivity index (χ1) is 12.7. The maximum absolute atomic E-state index is 12.6. The first-order valence-corrected chi connectivity index (χ1v) is 11.0. The van der Waals surface area contributed by atoms with Crippen molar-refractivity contribution in [1.29, 1.82) is 0 Å². The van der Waals surface area contributed by atoms with Crippen LogP contribution in [-0.2, 0) is 4.79 Å². The molecule has 0 saturated heterocycles. The lowest BCUT2D eigenvalue weighted by molar-refractivity contribution is -0.123. The molecule has 1 N–H and O–H groups in total. The molecule has 2 rings (SSSR count). The number of hydrogen-bond acceptors (Lipinski definition) is 2. The molecule has 2 nitrogen and oxygen atoms in total. The Labute approximate surface area is 160 Å². The van der Waals surface area contributed by atoms with Gasteiger partial charge in [0, 0.05) is 12.3 Å². The van der Waals surface area contributed by atoms with Gasteiger partial charge in [0.1, 0.15) is 5.78 Å². The van der Waals surface area contributed by atoms with Crippen LogP contribution in [0.1, 0.15) is 114 Å². The molecular formula is C24H38O2. The monoisotopic (exact) mass is 358 g/mol. The summed E-state index contributed by atoms with van der Waals surface area (Å²) in [6.07, 6.45) is 13.1. The van der Waals surface area contributed by atoms with Crippen LogP contribution in [0, 0.1) is 5.92 Å². The lowest BCUT2D eigenvalue weighted by Gasteiger charge is -2.31. The first kappa shape index (κ1) is 21.2. The molecule has 1 aromatic carbocycles. The standard InChI is InChI=1S/C24H38O2/c1-3-5-7-9-11-20-12-10-14-23(26)24(20)21-17-15-19(16-18-21)22(25)13-8-6-4-2/h15-18,20,22,24-25H,3-14H2,1-2H3. The summed E-state index contributed by atoms with van der Waals surface area (Å²) >= 11 is 0. The molecule has 1 aromatic rings. The molecule has 0 aromatic heterocycles. The normalized spacial score (nSPS) is 21.7. The molecule has 0 amide bonds. The van der Waals surface area contributed by atoms with E-state index in [0.717, 1.165) is 31.2 Å². The topological polar surface area (TPSA) is 37.3 Å². The van der Waals surface area contributed by atoms with Crippen LogP contribution in [0.3, 0.4) is 0 Å². The Hall–Kier alpha value is -1.15. The average Bonchev–Trinajstić information content (AvgIpc) is 2.66.